The molecule has 0 N–H and O–H groups in total. The minimum absolute atomic E-state index is 0.117. The fraction of sp³-hybridized carbons (Fsp3) is 0.727. The number of fused-ring (bicyclic) bond motifs is 3. The predicted molar refractivity (Wildman–Crippen MR) is 147 cm³/mol. The maximum atomic E-state index is 13.2. The summed E-state index contributed by atoms with van der Waals surface area (Å²) in [5, 5.41) is 18.8. The third-order valence-electron chi connectivity index (χ3n) is 10.8. The molecule has 0 radical (unpaired) electrons. The number of hydrogen-bond donors (Lipinski definition) is 0. The first-order valence-electron chi connectivity index (χ1n) is 15.1. The maximum absolute atomic E-state index is 13.2. The number of rotatable bonds is 11. The molecular formula is C33H46N2O2. The first kappa shape index (κ1) is 27.7. The quantitative estimate of drug-likeness (QED) is 0.172. The zero-order chi connectivity index (χ0) is 26.4. The highest BCUT2D eigenvalue weighted by molar-refractivity contribution is 5.76. The highest BCUT2D eigenvalue weighted by atomic mass is 16.5. The molecule has 0 aliphatic heterocycles. The first-order chi connectivity index (χ1) is 18.0. The van der Waals surface area contributed by atoms with Gasteiger partial charge in [-0.05, 0) is 105 Å². The number of nitriles is 2. The monoisotopic (exact) mass is 502 g/mol. The van der Waals surface area contributed by atoms with Gasteiger partial charge in [0.25, 0.3) is 0 Å². The third-order valence-corrected chi connectivity index (χ3v) is 10.8. The summed E-state index contributed by atoms with van der Waals surface area (Å²) in [6, 6.07) is 8.97. The number of esters is 1. The molecule has 0 heterocycles. The van der Waals surface area contributed by atoms with E-state index in [2.05, 4.69) is 13.8 Å². The summed E-state index contributed by atoms with van der Waals surface area (Å²) in [4.78, 5) is 13.2. The Morgan fingerprint density at radius 3 is 2.05 bits per heavy atom. The Morgan fingerprint density at radius 1 is 0.865 bits per heavy atom. The number of benzene rings is 1. The number of unbranched alkanes of at least 4 members (excludes halogenated alkanes) is 4. The van der Waals surface area contributed by atoms with Gasteiger partial charge in [0, 0.05) is 0 Å². The van der Waals surface area contributed by atoms with Crippen LogP contribution in [-0.2, 0) is 4.79 Å². The molecule has 0 saturated heterocycles. The standard InChI is InChI=1S/C33H46N2O2/c1-3-5-7-14-31-18-21-33(22-19-31,23-20-31)32(15-8-6-4-2)16-12-26(13-17-32)30(36)37-29-11-9-10-27(24-34)28(29)25-35/h9-11,26H,3-8,12-23H2,1-2H3. The molecule has 1 aromatic carbocycles. The average Bonchev–Trinajstić information content (AvgIpc) is 2.94. The van der Waals surface area contributed by atoms with E-state index in [9.17, 15) is 15.3 Å². The summed E-state index contributed by atoms with van der Waals surface area (Å²) in [6.45, 7) is 4.60. The van der Waals surface area contributed by atoms with Crippen LogP contribution in [0.15, 0.2) is 18.2 Å². The zero-order valence-electron chi connectivity index (χ0n) is 23.2. The first-order valence-corrected chi connectivity index (χ1v) is 15.1. The smallest absolute Gasteiger partial charge is 0.314 e. The topological polar surface area (TPSA) is 73.9 Å². The normalized spacial score (nSPS) is 30.9. The van der Waals surface area contributed by atoms with Gasteiger partial charge in [-0.3, -0.25) is 4.79 Å². The minimum atomic E-state index is -0.228. The van der Waals surface area contributed by atoms with Gasteiger partial charge in [-0.15, -0.1) is 0 Å². The van der Waals surface area contributed by atoms with E-state index >= 15 is 0 Å². The molecule has 4 aliphatic carbocycles. The minimum Gasteiger partial charge on any atom is -0.425 e. The highest BCUT2D eigenvalue weighted by Crippen LogP contribution is 2.69. The lowest BCUT2D eigenvalue weighted by atomic mass is 9.42. The van der Waals surface area contributed by atoms with Crippen LogP contribution in [-0.4, -0.2) is 5.97 Å². The largest absolute Gasteiger partial charge is 0.425 e. The van der Waals surface area contributed by atoms with Gasteiger partial charge in [0.1, 0.15) is 23.5 Å². The van der Waals surface area contributed by atoms with Gasteiger partial charge < -0.3 is 4.74 Å². The van der Waals surface area contributed by atoms with Crippen molar-refractivity contribution in [1.82, 2.24) is 0 Å². The Kier molecular flexibility index (Phi) is 9.00. The van der Waals surface area contributed by atoms with Crippen LogP contribution >= 0.6 is 0 Å². The highest BCUT2D eigenvalue weighted by Gasteiger charge is 2.58. The molecule has 4 nitrogen and oxygen atoms in total. The second-order valence-corrected chi connectivity index (χ2v) is 12.6. The Bertz CT molecular complexity index is 997. The van der Waals surface area contributed by atoms with Crippen LogP contribution in [0, 0.1) is 44.8 Å². The van der Waals surface area contributed by atoms with E-state index in [1.807, 2.05) is 12.1 Å². The van der Waals surface area contributed by atoms with Gasteiger partial charge in [0.2, 0.25) is 0 Å². The van der Waals surface area contributed by atoms with Gasteiger partial charge in [0.05, 0.1) is 11.5 Å². The SMILES string of the molecule is CCCCCC12CCC(C3(CCCCC)CCC(C(=O)Oc4cccc(C#N)c4C#N)CC3)(CC1)CC2. The molecule has 0 spiro atoms. The Labute approximate surface area is 224 Å². The van der Waals surface area contributed by atoms with E-state index in [1.54, 1.807) is 18.2 Å². The summed E-state index contributed by atoms with van der Waals surface area (Å²) in [5.41, 5.74) is 1.88. The summed E-state index contributed by atoms with van der Waals surface area (Å²) < 4.78 is 5.74. The number of ether oxygens (including phenoxy) is 1. The van der Waals surface area contributed by atoms with Gasteiger partial charge in [-0.1, -0.05) is 58.4 Å². The lowest BCUT2D eigenvalue weighted by molar-refractivity contribution is -0.148. The van der Waals surface area contributed by atoms with Crippen molar-refractivity contribution in [2.24, 2.45) is 22.2 Å². The van der Waals surface area contributed by atoms with Crippen molar-refractivity contribution in [2.45, 2.75) is 129 Å². The van der Waals surface area contributed by atoms with Gasteiger partial charge >= 0.3 is 5.97 Å². The fourth-order valence-corrected chi connectivity index (χ4v) is 8.37. The predicted octanol–water partition coefficient (Wildman–Crippen LogP) is 9.01. The van der Waals surface area contributed by atoms with Crippen molar-refractivity contribution in [2.75, 3.05) is 0 Å². The second-order valence-electron chi connectivity index (χ2n) is 12.6. The number of carbonyl (C=O) groups is 1. The summed E-state index contributed by atoms with van der Waals surface area (Å²) in [7, 11) is 0. The van der Waals surface area contributed by atoms with Crippen LogP contribution in [0.1, 0.15) is 141 Å². The summed E-state index contributed by atoms with van der Waals surface area (Å²) >= 11 is 0. The maximum Gasteiger partial charge on any atom is 0.314 e. The lowest BCUT2D eigenvalue weighted by Crippen LogP contribution is -2.53. The fourth-order valence-electron chi connectivity index (χ4n) is 8.37. The van der Waals surface area contributed by atoms with Gasteiger partial charge in [-0.2, -0.15) is 10.5 Å². The molecule has 4 fully saturated rings. The van der Waals surface area contributed by atoms with Gasteiger partial charge in [0.15, 0.2) is 0 Å². The molecule has 0 unspecified atom stereocenters. The zero-order valence-corrected chi connectivity index (χ0v) is 23.2. The van der Waals surface area contributed by atoms with Crippen molar-refractivity contribution >= 4 is 5.97 Å². The second kappa shape index (κ2) is 12.0. The van der Waals surface area contributed by atoms with E-state index in [1.165, 1.54) is 89.9 Å². The molecule has 4 heteroatoms. The van der Waals surface area contributed by atoms with E-state index in [0.717, 1.165) is 25.7 Å². The molecule has 4 saturated carbocycles. The summed E-state index contributed by atoms with van der Waals surface area (Å²) in [6.07, 6.45) is 23.2. The molecule has 4 aliphatic rings. The molecule has 0 atom stereocenters. The third kappa shape index (κ3) is 5.60. The molecule has 37 heavy (non-hydrogen) atoms. The number of hydrogen-bond acceptors (Lipinski definition) is 4. The van der Waals surface area contributed by atoms with Crippen LogP contribution in [0.3, 0.4) is 0 Å². The lowest BCUT2D eigenvalue weighted by Gasteiger charge is -2.63. The van der Waals surface area contributed by atoms with Crippen molar-refractivity contribution in [3.8, 4) is 17.9 Å². The van der Waals surface area contributed by atoms with Crippen LogP contribution in [0.5, 0.6) is 5.75 Å². The molecule has 5 rings (SSSR count). The molecular weight excluding hydrogens is 456 g/mol. The molecule has 0 aromatic heterocycles. The van der Waals surface area contributed by atoms with E-state index in [4.69, 9.17) is 4.74 Å². The van der Waals surface area contributed by atoms with E-state index in [0.29, 0.717) is 16.2 Å². The molecule has 2 bridgehead atoms. The van der Waals surface area contributed by atoms with E-state index in [-0.39, 0.29) is 28.8 Å². The Balaban J connectivity index is 1.44. The molecule has 0 amide bonds. The van der Waals surface area contributed by atoms with E-state index < -0.39 is 0 Å². The van der Waals surface area contributed by atoms with Crippen molar-refractivity contribution < 1.29 is 9.53 Å². The van der Waals surface area contributed by atoms with Crippen LogP contribution < -0.4 is 4.74 Å². The van der Waals surface area contributed by atoms with Crippen molar-refractivity contribution in [3.05, 3.63) is 29.3 Å². The van der Waals surface area contributed by atoms with Gasteiger partial charge in [-0.25, -0.2) is 0 Å². The van der Waals surface area contributed by atoms with Crippen LogP contribution in [0.25, 0.3) is 0 Å². The van der Waals surface area contributed by atoms with Crippen molar-refractivity contribution in [3.63, 3.8) is 0 Å². The Hall–Kier alpha value is -2.33. The Morgan fingerprint density at radius 2 is 1.49 bits per heavy atom. The number of carbonyl (C=O) groups excluding carboxylic acids is 1. The summed E-state index contributed by atoms with van der Waals surface area (Å²) in [5.74, 6) is -0.120. The molecule has 1 aromatic rings. The van der Waals surface area contributed by atoms with Crippen LogP contribution in [0.2, 0.25) is 0 Å². The molecule has 200 valence electrons. The number of nitrogens with zero attached hydrogens (tertiary/aromatic N) is 2. The van der Waals surface area contributed by atoms with Crippen LogP contribution in [0.4, 0.5) is 0 Å². The average molecular weight is 503 g/mol. The van der Waals surface area contributed by atoms with Crippen molar-refractivity contribution in [1.29, 1.82) is 10.5 Å².